The lowest BCUT2D eigenvalue weighted by Gasteiger charge is -2.28. The first-order valence-electron chi connectivity index (χ1n) is 22.0. The van der Waals surface area contributed by atoms with Crippen LogP contribution < -0.4 is 14.2 Å². The zero-order valence-electron chi connectivity index (χ0n) is 35.9. The maximum absolute atomic E-state index is 6.91. The molecule has 0 bridgehead atoms. The van der Waals surface area contributed by atoms with Crippen molar-refractivity contribution in [2.75, 3.05) is 0 Å². The molecule has 4 heteroatoms. The molecule has 4 nitrogen and oxygen atoms in total. The molecule has 0 atom stereocenters. The van der Waals surface area contributed by atoms with Gasteiger partial charge in [0, 0.05) is 53.0 Å². The molecular weight excluding hydrogens is 783 g/mol. The highest BCUT2D eigenvalue weighted by Crippen LogP contribution is 2.40. The minimum Gasteiger partial charge on any atom is -0.488 e. The van der Waals surface area contributed by atoms with Gasteiger partial charge in [-0.1, -0.05) is 237 Å². The average Bonchev–Trinajstić information content (AvgIpc) is 3.36. The van der Waals surface area contributed by atoms with Gasteiger partial charge < -0.3 is 14.2 Å². The summed E-state index contributed by atoms with van der Waals surface area (Å²) in [7, 11) is 0. The van der Waals surface area contributed by atoms with Gasteiger partial charge in [0.25, 0.3) is 0 Å². The Bertz CT molecular complexity index is 2520. The lowest BCUT2D eigenvalue weighted by molar-refractivity contribution is 0.224. The molecule has 0 saturated heterocycles. The third-order valence-corrected chi connectivity index (χ3v) is 11.4. The topological polar surface area (TPSA) is 30.9 Å². The van der Waals surface area contributed by atoms with Crippen molar-refractivity contribution in [3.8, 4) is 50.6 Å². The molecule has 0 heterocycles. The molecule has 314 valence electrons. The van der Waals surface area contributed by atoms with E-state index in [1.54, 1.807) is 0 Å². The van der Waals surface area contributed by atoms with E-state index in [1.165, 1.54) is 0 Å². The lowest BCUT2D eigenvalue weighted by Crippen LogP contribution is -2.24. The molecule has 9 aromatic rings. The fourth-order valence-electron chi connectivity index (χ4n) is 8.25. The van der Waals surface area contributed by atoms with Crippen LogP contribution in [0.1, 0.15) is 33.4 Å². The fourth-order valence-corrected chi connectivity index (χ4v) is 8.25. The van der Waals surface area contributed by atoms with Crippen molar-refractivity contribution in [2.24, 2.45) is 0 Å². The summed E-state index contributed by atoms with van der Waals surface area (Å²) in [6.07, 6.45) is 0. The molecule has 0 spiro atoms. The van der Waals surface area contributed by atoms with Crippen molar-refractivity contribution in [2.45, 2.75) is 39.5 Å². The average molecular weight is 834 g/mol. The van der Waals surface area contributed by atoms with Crippen LogP contribution in [-0.4, -0.2) is 4.90 Å². The van der Waals surface area contributed by atoms with E-state index in [1.807, 2.05) is 18.2 Å². The second-order valence-electron chi connectivity index (χ2n) is 15.9. The Morgan fingerprint density at radius 3 is 0.766 bits per heavy atom. The standard InChI is InChI=1S/C60H51NO3/c1-7-22-46(23-8-1)43-62-58-52(34-19-37-55(58)49-28-13-4-14-29-49)40-61(41-53-35-20-38-56(50-30-15-5-16-31-50)59(53)63-44-47-24-9-2-10-25-47)42-54-36-21-39-57(51-32-17-6-18-33-51)60(54)64-45-48-26-11-3-12-27-48/h1-39H,40-45H2. The van der Waals surface area contributed by atoms with Crippen molar-refractivity contribution < 1.29 is 14.2 Å². The van der Waals surface area contributed by atoms with Crippen LogP contribution in [0.3, 0.4) is 0 Å². The first-order valence-corrected chi connectivity index (χ1v) is 22.0. The van der Waals surface area contributed by atoms with Gasteiger partial charge in [-0.15, -0.1) is 0 Å². The highest BCUT2D eigenvalue weighted by Gasteiger charge is 2.22. The summed E-state index contributed by atoms with van der Waals surface area (Å²) in [5.74, 6) is 2.62. The number of nitrogens with zero attached hydrogens (tertiary/aromatic N) is 1. The van der Waals surface area contributed by atoms with E-state index in [9.17, 15) is 0 Å². The molecule has 0 aliphatic rings. The van der Waals surface area contributed by atoms with E-state index >= 15 is 0 Å². The van der Waals surface area contributed by atoms with Crippen LogP contribution >= 0.6 is 0 Å². The Hall–Kier alpha value is -7.66. The Labute approximate surface area is 377 Å². The van der Waals surface area contributed by atoms with Crippen LogP contribution in [-0.2, 0) is 39.5 Å². The lowest BCUT2D eigenvalue weighted by atomic mass is 9.98. The van der Waals surface area contributed by atoms with E-state index in [0.29, 0.717) is 39.5 Å². The predicted molar refractivity (Wildman–Crippen MR) is 261 cm³/mol. The van der Waals surface area contributed by atoms with Crippen molar-refractivity contribution in [1.82, 2.24) is 4.90 Å². The molecule has 0 radical (unpaired) electrons. The third kappa shape index (κ3) is 10.5. The van der Waals surface area contributed by atoms with E-state index in [4.69, 9.17) is 14.2 Å². The minimum absolute atomic E-state index is 0.449. The molecule has 0 saturated carbocycles. The van der Waals surface area contributed by atoms with Crippen molar-refractivity contribution in [3.05, 3.63) is 270 Å². The maximum Gasteiger partial charge on any atom is 0.132 e. The molecule has 0 unspecified atom stereocenters. The molecule has 0 N–H and O–H groups in total. The summed E-state index contributed by atoms with van der Waals surface area (Å²) in [6, 6.07) is 82.4. The Kier molecular flexibility index (Phi) is 13.6. The van der Waals surface area contributed by atoms with Crippen LogP contribution in [0.25, 0.3) is 33.4 Å². The number of hydrogen-bond donors (Lipinski definition) is 0. The Morgan fingerprint density at radius 2 is 0.500 bits per heavy atom. The highest BCUT2D eigenvalue weighted by atomic mass is 16.5. The van der Waals surface area contributed by atoms with E-state index in [-0.39, 0.29) is 0 Å². The molecule has 0 amide bonds. The van der Waals surface area contributed by atoms with E-state index in [2.05, 4.69) is 223 Å². The molecule has 0 aliphatic carbocycles. The number of hydrogen-bond acceptors (Lipinski definition) is 4. The normalized spacial score (nSPS) is 11.0. The van der Waals surface area contributed by atoms with Gasteiger partial charge in [0.1, 0.15) is 37.1 Å². The molecular formula is C60H51NO3. The van der Waals surface area contributed by atoms with E-state index in [0.717, 1.165) is 84.0 Å². The Morgan fingerprint density at radius 1 is 0.250 bits per heavy atom. The molecule has 0 fully saturated rings. The first-order chi connectivity index (χ1) is 31.7. The second-order valence-corrected chi connectivity index (χ2v) is 15.9. The SMILES string of the molecule is c1ccc(COc2c(CN(Cc3cccc(-c4ccccc4)c3OCc3ccccc3)Cc3cccc(-c4ccccc4)c3OCc3ccccc3)cccc2-c2ccccc2)cc1. The van der Waals surface area contributed by atoms with Crippen LogP contribution in [0.4, 0.5) is 0 Å². The number of benzene rings is 9. The van der Waals surface area contributed by atoms with Crippen molar-refractivity contribution >= 4 is 0 Å². The summed E-state index contributed by atoms with van der Waals surface area (Å²) in [4.78, 5) is 2.50. The van der Waals surface area contributed by atoms with Gasteiger partial charge in [0.15, 0.2) is 0 Å². The smallest absolute Gasteiger partial charge is 0.132 e. The van der Waals surface area contributed by atoms with Gasteiger partial charge >= 0.3 is 0 Å². The quantitative estimate of drug-likeness (QED) is 0.0862. The van der Waals surface area contributed by atoms with Gasteiger partial charge in [-0.3, -0.25) is 4.90 Å². The van der Waals surface area contributed by atoms with Crippen molar-refractivity contribution in [3.63, 3.8) is 0 Å². The highest BCUT2D eigenvalue weighted by molar-refractivity contribution is 5.74. The predicted octanol–water partition coefficient (Wildman–Crippen LogP) is 14.6. The number of ether oxygens (including phenoxy) is 3. The zero-order valence-corrected chi connectivity index (χ0v) is 35.9. The Balaban J connectivity index is 1.16. The minimum atomic E-state index is 0.449. The van der Waals surface area contributed by atoms with Crippen molar-refractivity contribution in [1.29, 1.82) is 0 Å². The fraction of sp³-hybridized carbons (Fsp3) is 0.100. The molecule has 9 rings (SSSR count). The van der Waals surface area contributed by atoms with Crippen LogP contribution in [0.15, 0.2) is 237 Å². The monoisotopic (exact) mass is 833 g/mol. The largest absolute Gasteiger partial charge is 0.488 e. The first kappa shape index (κ1) is 41.7. The zero-order chi connectivity index (χ0) is 43.2. The van der Waals surface area contributed by atoms with Gasteiger partial charge in [0.2, 0.25) is 0 Å². The van der Waals surface area contributed by atoms with Gasteiger partial charge in [-0.05, 0) is 33.4 Å². The number of para-hydroxylation sites is 3. The second kappa shape index (κ2) is 20.9. The van der Waals surface area contributed by atoms with Gasteiger partial charge in [0.05, 0.1) is 0 Å². The van der Waals surface area contributed by atoms with Gasteiger partial charge in [-0.2, -0.15) is 0 Å². The third-order valence-electron chi connectivity index (χ3n) is 11.4. The molecule has 0 aromatic heterocycles. The summed E-state index contributed by atoms with van der Waals surface area (Å²) in [5, 5.41) is 0. The van der Waals surface area contributed by atoms with Gasteiger partial charge in [-0.25, -0.2) is 0 Å². The summed E-state index contributed by atoms with van der Waals surface area (Å²) < 4.78 is 20.7. The maximum atomic E-state index is 6.91. The molecule has 64 heavy (non-hydrogen) atoms. The summed E-state index contributed by atoms with van der Waals surface area (Å²) in [6.45, 7) is 3.12. The van der Waals surface area contributed by atoms with Crippen LogP contribution in [0, 0.1) is 0 Å². The van der Waals surface area contributed by atoms with Crippen LogP contribution in [0.2, 0.25) is 0 Å². The summed E-state index contributed by atoms with van der Waals surface area (Å²) in [5.41, 5.74) is 13.1. The summed E-state index contributed by atoms with van der Waals surface area (Å²) >= 11 is 0. The molecule has 9 aromatic carbocycles. The molecule has 0 aliphatic heterocycles. The van der Waals surface area contributed by atoms with E-state index < -0.39 is 0 Å². The van der Waals surface area contributed by atoms with Crippen LogP contribution in [0.5, 0.6) is 17.2 Å². The number of rotatable bonds is 18.